The summed E-state index contributed by atoms with van der Waals surface area (Å²) in [5.41, 5.74) is 0.724. The molecule has 0 bridgehead atoms. The van der Waals surface area contributed by atoms with Gasteiger partial charge in [0, 0.05) is 29.7 Å². The Bertz CT molecular complexity index is 400. The molecule has 0 aliphatic carbocycles. The molecule has 0 atom stereocenters. The molecule has 0 unspecified atom stereocenters. The molecule has 2 rings (SSSR count). The fourth-order valence-electron chi connectivity index (χ4n) is 2.12. The van der Waals surface area contributed by atoms with Crippen LogP contribution in [0.3, 0.4) is 0 Å². The standard InChI is InChI=1S/C13H16BrNO2/c14-12-3-1-2-11(8-12)13(17)15-6-4-10(9-16)5-7-15/h1-3,8,10,16H,4-7,9H2. The third kappa shape index (κ3) is 3.07. The van der Waals surface area contributed by atoms with Gasteiger partial charge in [-0.2, -0.15) is 0 Å². The van der Waals surface area contributed by atoms with Crippen molar-refractivity contribution in [1.29, 1.82) is 0 Å². The third-order valence-electron chi connectivity index (χ3n) is 3.23. The van der Waals surface area contributed by atoms with Crippen LogP contribution in [-0.2, 0) is 0 Å². The normalized spacial score (nSPS) is 17.2. The summed E-state index contributed by atoms with van der Waals surface area (Å²) in [5.74, 6) is 0.448. The first-order valence-corrected chi connectivity index (χ1v) is 6.65. The van der Waals surface area contributed by atoms with E-state index in [2.05, 4.69) is 15.9 Å². The molecule has 1 saturated heterocycles. The number of hydrogen-bond acceptors (Lipinski definition) is 2. The fourth-order valence-corrected chi connectivity index (χ4v) is 2.52. The van der Waals surface area contributed by atoms with Gasteiger partial charge in [0.05, 0.1) is 0 Å². The van der Waals surface area contributed by atoms with E-state index in [-0.39, 0.29) is 12.5 Å². The minimum absolute atomic E-state index is 0.0858. The van der Waals surface area contributed by atoms with Crippen molar-refractivity contribution >= 4 is 21.8 Å². The van der Waals surface area contributed by atoms with Crippen LogP contribution in [0.1, 0.15) is 23.2 Å². The maximum absolute atomic E-state index is 12.2. The summed E-state index contributed by atoms with van der Waals surface area (Å²) in [6, 6.07) is 7.47. The quantitative estimate of drug-likeness (QED) is 0.910. The minimum Gasteiger partial charge on any atom is -0.396 e. The number of aliphatic hydroxyl groups excluding tert-OH is 1. The van der Waals surface area contributed by atoms with Crippen molar-refractivity contribution in [3.05, 3.63) is 34.3 Å². The van der Waals surface area contributed by atoms with E-state index in [0.29, 0.717) is 5.92 Å². The van der Waals surface area contributed by atoms with Crippen molar-refractivity contribution in [3.8, 4) is 0 Å². The maximum Gasteiger partial charge on any atom is 0.253 e. The van der Waals surface area contributed by atoms with Crippen molar-refractivity contribution in [3.63, 3.8) is 0 Å². The molecule has 1 aromatic carbocycles. The van der Waals surface area contributed by atoms with Gasteiger partial charge in [0.15, 0.2) is 0 Å². The first kappa shape index (κ1) is 12.6. The van der Waals surface area contributed by atoms with Gasteiger partial charge in [-0.05, 0) is 37.0 Å². The summed E-state index contributed by atoms with van der Waals surface area (Å²) < 4.78 is 0.925. The number of rotatable bonds is 2. The predicted molar refractivity (Wildman–Crippen MR) is 69.9 cm³/mol. The van der Waals surface area contributed by atoms with Gasteiger partial charge < -0.3 is 10.0 Å². The summed E-state index contributed by atoms with van der Waals surface area (Å²) in [5, 5.41) is 9.06. The van der Waals surface area contributed by atoms with Crippen molar-refractivity contribution in [2.75, 3.05) is 19.7 Å². The number of carbonyl (C=O) groups is 1. The summed E-state index contributed by atoms with van der Waals surface area (Å²) in [6.07, 6.45) is 1.80. The van der Waals surface area contributed by atoms with Crippen LogP contribution in [0.4, 0.5) is 0 Å². The van der Waals surface area contributed by atoms with Crippen LogP contribution >= 0.6 is 15.9 Å². The van der Waals surface area contributed by atoms with E-state index < -0.39 is 0 Å². The van der Waals surface area contributed by atoms with Crippen LogP contribution < -0.4 is 0 Å². The monoisotopic (exact) mass is 297 g/mol. The highest BCUT2D eigenvalue weighted by Gasteiger charge is 2.23. The number of aliphatic hydroxyl groups is 1. The van der Waals surface area contributed by atoms with E-state index in [4.69, 9.17) is 5.11 Å². The second-order valence-electron chi connectivity index (χ2n) is 4.43. The first-order valence-electron chi connectivity index (χ1n) is 5.86. The number of piperidine rings is 1. The zero-order valence-electron chi connectivity index (χ0n) is 9.60. The lowest BCUT2D eigenvalue weighted by molar-refractivity contribution is 0.0651. The van der Waals surface area contributed by atoms with Gasteiger partial charge in [0.25, 0.3) is 5.91 Å². The van der Waals surface area contributed by atoms with Crippen molar-refractivity contribution in [1.82, 2.24) is 4.90 Å². The summed E-state index contributed by atoms with van der Waals surface area (Å²) in [4.78, 5) is 14.1. The molecule has 0 spiro atoms. The average Bonchev–Trinajstić information content (AvgIpc) is 2.38. The van der Waals surface area contributed by atoms with Crippen LogP contribution in [-0.4, -0.2) is 35.6 Å². The Morgan fingerprint density at radius 2 is 2.12 bits per heavy atom. The van der Waals surface area contributed by atoms with Gasteiger partial charge in [0.2, 0.25) is 0 Å². The van der Waals surface area contributed by atoms with Gasteiger partial charge in [-0.15, -0.1) is 0 Å². The molecule has 1 aliphatic rings. The smallest absolute Gasteiger partial charge is 0.253 e. The second kappa shape index (κ2) is 5.65. The molecular weight excluding hydrogens is 282 g/mol. The maximum atomic E-state index is 12.2. The number of halogens is 1. The van der Waals surface area contributed by atoms with Gasteiger partial charge in [-0.25, -0.2) is 0 Å². The first-order chi connectivity index (χ1) is 8.20. The number of amides is 1. The van der Waals surface area contributed by atoms with Crippen molar-refractivity contribution < 1.29 is 9.90 Å². The highest BCUT2D eigenvalue weighted by molar-refractivity contribution is 9.10. The molecule has 0 radical (unpaired) electrons. The zero-order valence-corrected chi connectivity index (χ0v) is 11.2. The lowest BCUT2D eigenvalue weighted by Crippen LogP contribution is -2.39. The van der Waals surface area contributed by atoms with Crippen LogP contribution in [0.5, 0.6) is 0 Å². The highest BCUT2D eigenvalue weighted by Crippen LogP contribution is 2.19. The molecule has 1 amide bonds. The van der Waals surface area contributed by atoms with Crippen molar-refractivity contribution in [2.24, 2.45) is 5.92 Å². The Labute approximate surface area is 110 Å². The number of carbonyl (C=O) groups excluding carboxylic acids is 1. The largest absolute Gasteiger partial charge is 0.396 e. The summed E-state index contributed by atoms with van der Waals surface area (Å²) in [7, 11) is 0. The Balaban J connectivity index is 2.02. The van der Waals surface area contributed by atoms with E-state index in [0.717, 1.165) is 36.0 Å². The molecule has 17 heavy (non-hydrogen) atoms. The van der Waals surface area contributed by atoms with Crippen molar-refractivity contribution in [2.45, 2.75) is 12.8 Å². The number of likely N-dealkylation sites (tertiary alicyclic amines) is 1. The topological polar surface area (TPSA) is 40.5 Å². The Morgan fingerprint density at radius 3 is 2.71 bits per heavy atom. The third-order valence-corrected chi connectivity index (χ3v) is 3.72. The predicted octanol–water partition coefficient (Wildman–Crippen LogP) is 2.29. The van der Waals surface area contributed by atoms with Gasteiger partial charge in [-0.3, -0.25) is 4.79 Å². The van der Waals surface area contributed by atoms with E-state index in [1.165, 1.54) is 0 Å². The lowest BCUT2D eigenvalue weighted by atomic mass is 9.97. The molecule has 0 saturated carbocycles. The van der Waals surface area contributed by atoms with E-state index in [9.17, 15) is 4.79 Å². The van der Waals surface area contributed by atoms with Crippen LogP contribution in [0.2, 0.25) is 0 Å². The zero-order chi connectivity index (χ0) is 12.3. The fraction of sp³-hybridized carbons (Fsp3) is 0.462. The SMILES string of the molecule is O=C(c1cccc(Br)c1)N1CCC(CO)CC1. The minimum atomic E-state index is 0.0858. The second-order valence-corrected chi connectivity index (χ2v) is 5.34. The molecule has 4 heteroatoms. The molecule has 1 heterocycles. The molecule has 1 fully saturated rings. The van der Waals surface area contributed by atoms with Crippen LogP contribution in [0, 0.1) is 5.92 Å². The molecular formula is C13H16BrNO2. The number of nitrogens with zero attached hydrogens (tertiary/aromatic N) is 1. The van der Waals surface area contributed by atoms with E-state index in [1.807, 2.05) is 29.2 Å². The Kier molecular flexibility index (Phi) is 4.18. The van der Waals surface area contributed by atoms with Gasteiger partial charge in [-0.1, -0.05) is 22.0 Å². The molecule has 1 aromatic rings. The van der Waals surface area contributed by atoms with Crippen LogP contribution in [0.15, 0.2) is 28.7 Å². The summed E-state index contributed by atoms with van der Waals surface area (Å²) >= 11 is 3.37. The molecule has 0 aromatic heterocycles. The van der Waals surface area contributed by atoms with Crippen LogP contribution in [0.25, 0.3) is 0 Å². The highest BCUT2D eigenvalue weighted by atomic mass is 79.9. The number of benzene rings is 1. The summed E-state index contributed by atoms with van der Waals surface area (Å²) in [6.45, 7) is 1.73. The van der Waals surface area contributed by atoms with E-state index in [1.54, 1.807) is 0 Å². The molecule has 3 nitrogen and oxygen atoms in total. The lowest BCUT2D eigenvalue weighted by Gasteiger charge is -2.31. The average molecular weight is 298 g/mol. The van der Waals surface area contributed by atoms with Gasteiger partial charge >= 0.3 is 0 Å². The Morgan fingerprint density at radius 1 is 1.41 bits per heavy atom. The van der Waals surface area contributed by atoms with Gasteiger partial charge in [0.1, 0.15) is 0 Å². The molecule has 92 valence electrons. The number of hydrogen-bond donors (Lipinski definition) is 1. The van der Waals surface area contributed by atoms with E-state index >= 15 is 0 Å². The Hall–Kier alpha value is -0.870. The molecule has 1 aliphatic heterocycles. The molecule has 1 N–H and O–H groups in total.